The number of nitrogens with one attached hydrogen (secondary N) is 2. The molecule has 170 valence electrons. The van der Waals surface area contributed by atoms with Crippen molar-refractivity contribution in [3.63, 3.8) is 0 Å². The number of pyridine rings is 1. The molecule has 0 spiro atoms. The van der Waals surface area contributed by atoms with E-state index in [-0.39, 0.29) is 5.75 Å². The van der Waals surface area contributed by atoms with Gasteiger partial charge in [-0.05, 0) is 30.0 Å². The van der Waals surface area contributed by atoms with E-state index in [4.69, 9.17) is 9.72 Å². The van der Waals surface area contributed by atoms with Crippen LogP contribution >= 0.6 is 0 Å². The smallest absolute Gasteiger partial charge is 0.237 e. The maximum absolute atomic E-state index is 12.8. The Morgan fingerprint density at radius 1 is 1.18 bits per heavy atom. The van der Waals surface area contributed by atoms with Crippen LogP contribution < -0.4 is 20.3 Å². The molecule has 6 rings (SSSR count). The molecule has 0 saturated carbocycles. The molecule has 1 aromatic carbocycles. The molecule has 1 unspecified atom stereocenters. The van der Waals surface area contributed by atoms with E-state index >= 15 is 0 Å². The number of sulfone groups is 1. The van der Waals surface area contributed by atoms with Crippen LogP contribution in [-0.4, -0.2) is 43.1 Å². The Morgan fingerprint density at radius 2 is 2.06 bits per heavy atom. The maximum atomic E-state index is 12.8. The van der Waals surface area contributed by atoms with Gasteiger partial charge >= 0.3 is 0 Å². The molecule has 3 aromatic rings. The van der Waals surface area contributed by atoms with Crippen LogP contribution in [0.25, 0.3) is 0 Å². The lowest BCUT2D eigenvalue weighted by molar-refractivity contribution is 0.310. The summed E-state index contributed by atoms with van der Waals surface area (Å²) in [6.45, 7) is 4.88. The number of hydrogen-bond acceptors (Lipinski definition) is 9. The zero-order chi connectivity index (χ0) is 22.6. The van der Waals surface area contributed by atoms with Gasteiger partial charge in [0.25, 0.3) is 0 Å². The summed E-state index contributed by atoms with van der Waals surface area (Å²) in [6, 6.07) is 7.42. The quantitative estimate of drug-likeness (QED) is 0.604. The fourth-order valence-electron chi connectivity index (χ4n) is 4.81. The number of rotatable bonds is 3. The van der Waals surface area contributed by atoms with E-state index in [1.807, 2.05) is 36.7 Å². The zero-order valence-electron chi connectivity index (χ0n) is 18.2. The third-order valence-electron chi connectivity index (χ3n) is 6.52. The normalized spacial score (nSPS) is 20.2. The van der Waals surface area contributed by atoms with Gasteiger partial charge in [-0.3, -0.25) is 0 Å². The third kappa shape index (κ3) is 3.45. The van der Waals surface area contributed by atoms with Crippen LogP contribution in [0.5, 0.6) is 5.88 Å². The summed E-state index contributed by atoms with van der Waals surface area (Å²) in [5.41, 5.74) is 6.65. The Labute approximate surface area is 192 Å². The SMILES string of the molecule is Cc1c(N2CCc3cnc(NC4c5ccccc5CS4(=O)=O)nc3C2)cnc2c1NCCO2. The molecule has 33 heavy (non-hydrogen) atoms. The van der Waals surface area contributed by atoms with Crippen molar-refractivity contribution in [2.45, 2.75) is 31.0 Å². The number of nitrogens with zero attached hydrogens (tertiary/aromatic N) is 4. The molecular formula is C23H24N6O3S. The minimum atomic E-state index is -3.36. The van der Waals surface area contributed by atoms with Gasteiger partial charge in [-0.2, -0.15) is 0 Å². The standard InChI is InChI=1S/C23H24N6O3S/c1-14-19(11-25-21-20(14)24-7-9-32-21)29-8-6-15-10-26-23(27-18(15)12-29)28-22-17-5-3-2-4-16(17)13-33(22,30)31/h2-5,10-11,22,24H,6-9,12-13H2,1H3,(H,26,27,28). The number of ether oxygens (including phenoxy) is 1. The Kier molecular flexibility index (Phi) is 4.65. The van der Waals surface area contributed by atoms with Crippen molar-refractivity contribution >= 4 is 27.2 Å². The Bertz CT molecular complexity index is 1360. The Hall–Kier alpha value is -3.40. The van der Waals surface area contributed by atoms with Crippen molar-refractivity contribution < 1.29 is 13.2 Å². The Morgan fingerprint density at radius 3 is 2.97 bits per heavy atom. The van der Waals surface area contributed by atoms with Crippen molar-refractivity contribution in [1.82, 2.24) is 15.0 Å². The van der Waals surface area contributed by atoms with Crippen LogP contribution in [0.2, 0.25) is 0 Å². The lowest BCUT2D eigenvalue weighted by atomic mass is 10.0. The third-order valence-corrected chi connectivity index (χ3v) is 8.32. The van der Waals surface area contributed by atoms with Gasteiger partial charge in [-0.1, -0.05) is 24.3 Å². The van der Waals surface area contributed by atoms with Crippen LogP contribution in [0, 0.1) is 6.92 Å². The van der Waals surface area contributed by atoms with Crippen LogP contribution in [0.4, 0.5) is 17.3 Å². The van der Waals surface area contributed by atoms with E-state index in [0.717, 1.165) is 58.8 Å². The van der Waals surface area contributed by atoms with Gasteiger partial charge in [0.1, 0.15) is 12.3 Å². The molecule has 2 aromatic heterocycles. The molecule has 1 atom stereocenters. The predicted molar refractivity (Wildman–Crippen MR) is 125 cm³/mol. The number of anilines is 3. The highest BCUT2D eigenvalue weighted by atomic mass is 32.2. The molecule has 10 heteroatoms. The monoisotopic (exact) mass is 464 g/mol. The predicted octanol–water partition coefficient (Wildman–Crippen LogP) is 2.59. The number of aromatic nitrogens is 3. The largest absolute Gasteiger partial charge is 0.474 e. The molecule has 5 heterocycles. The fourth-order valence-corrected chi connectivity index (χ4v) is 6.57. The van der Waals surface area contributed by atoms with Gasteiger partial charge in [0.2, 0.25) is 11.8 Å². The zero-order valence-corrected chi connectivity index (χ0v) is 19.0. The van der Waals surface area contributed by atoms with Crippen molar-refractivity contribution in [3.05, 3.63) is 64.6 Å². The van der Waals surface area contributed by atoms with Gasteiger partial charge in [-0.25, -0.2) is 23.4 Å². The summed E-state index contributed by atoms with van der Waals surface area (Å²) in [5, 5.41) is 5.64. The average molecular weight is 465 g/mol. The molecular weight excluding hydrogens is 440 g/mol. The first-order chi connectivity index (χ1) is 16.0. The summed E-state index contributed by atoms with van der Waals surface area (Å²) in [5.74, 6) is 1.00. The summed E-state index contributed by atoms with van der Waals surface area (Å²) in [4.78, 5) is 15.9. The van der Waals surface area contributed by atoms with Crippen LogP contribution in [-0.2, 0) is 28.6 Å². The molecule has 3 aliphatic rings. The fraction of sp³-hybridized carbons (Fsp3) is 0.348. The van der Waals surface area contributed by atoms with E-state index in [1.165, 1.54) is 0 Å². The first-order valence-corrected chi connectivity index (χ1v) is 12.7. The second-order valence-corrected chi connectivity index (χ2v) is 10.7. The molecule has 0 radical (unpaired) electrons. The second-order valence-electron chi connectivity index (χ2n) is 8.59. The van der Waals surface area contributed by atoms with Gasteiger partial charge in [-0.15, -0.1) is 0 Å². The van der Waals surface area contributed by atoms with Crippen LogP contribution in [0.3, 0.4) is 0 Å². The lowest BCUT2D eigenvalue weighted by Crippen LogP contribution is -2.33. The molecule has 9 nitrogen and oxygen atoms in total. The summed E-state index contributed by atoms with van der Waals surface area (Å²) >= 11 is 0. The highest BCUT2D eigenvalue weighted by molar-refractivity contribution is 7.91. The van der Waals surface area contributed by atoms with Crippen molar-refractivity contribution in [3.8, 4) is 5.88 Å². The summed E-state index contributed by atoms with van der Waals surface area (Å²) < 4.78 is 31.2. The molecule has 2 N–H and O–H groups in total. The lowest BCUT2D eigenvalue weighted by Gasteiger charge is -2.32. The van der Waals surface area contributed by atoms with E-state index in [2.05, 4.69) is 32.4 Å². The molecule has 0 amide bonds. The molecule has 0 saturated heterocycles. The van der Waals surface area contributed by atoms with E-state index < -0.39 is 15.2 Å². The molecule has 0 fully saturated rings. The first-order valence-electron chi connectivity index (χ1n) is 11.0. The minimum Gasteiger partial charge on any atom is -0.474 e. The molecule has 0 aliphatic carbocycles. The van der Waals surface area contributed by atoms with Gasteiger partial charge in [0.15, 0.2) is 15.2 Å². The van der Waals surface area contributed by atoms with Crippen LogP contribution in [0.1, 0.15) is 33.3 Å². The molecule has 0 bridgehead atoms. The van der Waals surface area contributed by atoms with Crippen LogP contribution in [0.15, 0.2) is 36.7 Å². The number of hydrogen-bond donors (Lipinski definition) is 2. The van der Waals surface area contributed by atoms with Crippen molar-refractivity contribution in [2.24, 2.45) is 0 Å². The van der Waals surface area contributed by atoms with E-state index in [0.29, 0.717) is 25.0 Å². The van der Waals surface area contributed by atoms with Gasteiger partial charge in [0.05, 0.1) is 29.9 Å². The van der Waals surface area contributed by atoms with Crippen molar-refractivity contribution in [2.75, 3.05) is 35.2 Å². The summed E-state index contributed by atoms with van der Waals surface area (Å²) in [6.07, 6.45) is 4.47. The topological polar surface area (TPSA) is 109 Å². The van der Waals surface area contributed by atoms with E-state index in [9.17, 15) is 8.42 Å². The van der Waals surface area contributed by atoms with E-state index in [1.54, 1.807) is 0 Å². The number of fused-ring (bicyclic) bond motifs is 3. The highest BCUT2D eigenvalue weighted by Gasteiger charge is 2.37. The van der Waals surface area contributed by atoms with Gasteiger partial charge in [0, 0.05) is 24.8 Å². The van der Waals surface area contributed by atoms with Crippen molar-refractivity contribution in [1.29, 1.82) is 0 Å². The van der Waals surface area contributed by atoms with Gasteiger partial charge < -0.3 is 20.3 Å². The summed E-state index contributed by atoms with van der Waals surface area (Å²) in [7, 11) is -3.36. The second kappa shape index (κ2) is 7.58. The highest BCUT2D eigenvalue weighted by Crippen LogP contribution is 2.38. The maximum Gasteiger partial charge on any atom is 0.237 e. The minimum absolute atomic E-state index is 0.0297. The molecule has 3 aliphatic heterocycles. The Balaban J connectivity index is 1.28. The average Bonchev–Trinajstić information content (AvgIpc) is 3.08. The number of benzene rings is 1. The first kappa shape index (κ1) is 20.2.